The maximum absolute atomic E-state index is 12.9. The molecule has 0 saturated heterocycles. The van der Waals surface area contributed by atoms with Crippen LogP contribution in [-0.4, -0.2) is 18.4 Å². The summed E-state index contributed by atoms with van der Waals surface area (Å²) in [4.78, 5) is 26.0. The van der Waals surface area contributed by atoms with E-state index in [2.05, 4.69) is 12.2 Å². The van der Waals surface area contributed by atoms with E-state index in [1.807, 2.05) is 12.1 Å². The number of rotatable bonds is 8. The molecule has 1 heterocycles. The molecule has 2 amide bonds. The third kappa shape index (κ3) is 4.50. The quantitative estimate of drug-likeness (QED) is 0.653. The molecule has 2 aromatic rings. The van der Waals surface area contributed by atoms with Gasteiger partial charge in [-0.2, -0.15) is 0 Å². The van der Waals surface area contributed by atoms with Crippen LogP contribution in [0.4, 0.5) is 5.00 Å². The standard InChI is InChI=1S/C21H26N2O3S/c1-2-3-8-13-26-16-11-6-4-9-14(16)20(25)23-21-18(19(22)24)15-10-5-7-12-17(15)27-21/h4,6,9,11H,2-3,5,7-8,10,12-13H2,1H3,(H2,22,24)(H,23,25). The molecule has 5 nitrogen and oxygen atoms in total. The van der Waals surface area contributed by atoms with Crippen molar-refractivity contribution in [3.05, 3.63) is 45.8 Å². The number of unbranched alkanes of at least 4 members (excludes halogenated alkanes) is 2. The number of para-hydroxylation sites is 1. The van der Waals surface area contributed by atoms with Gasteiger partial charge in [-0.1, -0.05) is 31.9 Å². The van der Waals surface area contributed by atoms with E-state index in [4.69, 9.17) is 10.5 Å². The van der Waals surface area contributed by atoms with E-state index in [0.717, 1.165) is 55.4 Å². The molecule has 0 radical (unpaired) electrons. The van der Waals surface area contributed by atoms with Crippen molar-refractivity contribution in [1.82, 2.24) is 0 Å². The van der Waals surface area contributed by atoms with Crippen LogP contribution in [0.25, 0.3) is 0 Å². The van der Waals surface area contributed by atoms with Gasteiger partial charge in [0.25, 0.3) is 11.8 Å². The minimum Gasteiger partial charge on any atom is -0.493 e. The zero-order valence-corrected chi connectivity index (χ0v) is 16.5. The van der Waals surface area contributed by atoms with Crippen LogP contribution in [0.1, 0.15) is 70.2 Å². The number of hydrogen-bond donors (Lipinski definition) is 2. The highest BCUT2D eigenvalue weighted by Gasteiger charge is 2.25. The van der Waals surface area contributed by atoms with Gasteiger partial charge in [-0.05, 0) is 49.8 Å². The fourth-order valence-electron chi connectivity index (χ4n) is 3.40. The number of nitrogens with two attached hydrogens (primary N) is 1. The second kappa shape index (κ2) is 9.04. The van der Waals surface area contributed by atoms with E-state index in [-0.39, 0.29) is 5.91 Å². The molecule has 0 spiro atoms. The van der Waals surface area contributed by atoms with Gasteiger partial charge < -0.3 is 15.8 Å². The number of carbonyl (C=O) groups is 2. The third-order valence-corrected chi connectivity index (χ3v) is 5.99. The molecule has 0 aliphatic heterocycles. The minimum atomic E-state index is -0.478. The van der Waals surface area contributed by atoms with Gasteiger partial charge in [0.2, 0.25) is 0 Å². The van der Waals surface area contributed by atoms with Crippen molar-refractivity contribution in [2.45, 2.75) is 51.9 Å². The molecular formula is C21H26N2O3S. The Bertz CT molecular complexity index is 829. The number of nitrogens with one attached hydrogen (secondary N) is 1. The number of hydrogen-bond acceptors (Lipinski definition) is 4. The van der Waals surface area contributed by atoms with Crippen LogP contribution in [0.15, 0.2) is 24.3 Å². The Labute approximate surface area is 163 Å². The van der Waals surface area contributed by atoms with E-state index < -0.39 is 5.91 Å². The predicted octanol–water partition coefficient (Wildman–Crippen LogP) is 4.55. The molecule has 27 heavy (non-hydrogen) atoms. The average molecular weight is 387 g/mol. The maximum Gasteiger partial charge on any atom is 0.260 e. The van der Waals surface area contributed by atoms with Crippen LogP contribution in [0, 0.1) is 0 Å². The average Bonchev–Trinajstić information content (AvgIpc) is 3.03. The monoisotopic (exact) mass is 386 g/mol. The van der Waals surface area contributed by atoms with Crippen molar-refractivity contribution in [3.63, 3.8) is 0 Å². The van der Waals surface area contributed by atoms with Gasteiger partial charge in [0, 0.05) is 4.88 Å². The first kappa shape index (κ1) is 19.4. The Morgan fingerprint density at radius 3 is 2.74 bits per heavy atom. The third-order valence-electron chi connectivity index (χ3n) is 4.78. The second-order valence-corrected chi connectivity index (χ2v) is 7.89. The molecule has 1 aliphatic carbocycles. The molecule has 1 aromatic heterocycles. The molecule has 144 valence electrons. The second-order valence-electron chi connectivity index (χ2n) is 6.79. The number of ether oxygens (including phenoxy) is 1. The van der Waals surface area contributed by atoms with E-state index in [1.54, 1.807) is 12.1 Å². The minimum absolute atomic E-state index is 0.276. The maximum atomic E-state index is 12.9. The summed E-state index contributed by atoms with van der Waals surface area (Å²) < 4.78 is 5.81. The van der Waals surface area contributed by atoms with Crippen molar-refractivity contribution >= 4 is 28.2 Å². The van der Waals surface area contributed by atoms with E-state index >= 15 is 0 Å². The number of benzene rings is 1. The predicted molar refractivity (Wildman–Crippen MR) is 109 cm³/mol. The Kier molecular flexibility index (Phi) is 6.50. The van der Waals surface area contributed by atoms with Gasteiger partial charge >= 0.3 is 0 Å². The highest BCUT2D eigenvalue weighted by atomic mass is 32.1. The van der Waals surface area contributed by atoms with Crippen molar-refractivity contribution in [1.29, 1.82) is 0 Å². The first-order valence-electron chi connectivity index (χ1n) is 9.59. The number of fused-ring (bicyclic) bond motifs is 1. The summed E-state index contributed by atoms with van der Waals surface area (Å²) in [5.41, 5.74) is 7.57. The van der Waals surface area contributed by atoms with Gasteiger partial charge in [0.15, 0.2) is 0 Å². The molecule has 1 aromatic carbocycles. The summed E-state index contributed by atoms with van der Waals surface area (Å²) in [6.07, 6.45) is 7.10. The smallest absolute Gasteiger partial charge is 0.260 e. The highest BCUT2D eigenvalue weighted by molar-refractivity contribution is 7.17. The zero-order chi connectivity index (χ0) is 19.2. The van der Waals surface area contributed by atoms with E-state index in [1.165, 1.54) is 11.3 Å². The Morgan fingerprint density at radius 1 is 1.19 bits per heavy atom. The lowest BCUT2D eigenvalue weighted by Crippen LogP contribution is -2.19. The van der Waals surface area contributed by atoms with Crippen LogP contribution >= 0.6 is 11.3 Å². The number of thiophene rings is 1. The van der Waals surface area contributed by atoms with E-state index in [9.17, 15) is 9.59 Å². The largest absolute Gasteiger partial charge is 0.493 e. The summed E-state index contributed by atoms with van der Waals surface area (Å²) in [6.45, 7) is 2.72. The lowest BCUT2D eigenvalue weighted by Gasteiger charge is -2.12. The van der Waals surface area contributed by atoms with Crippen molar-refractivity contribution in [2.75, 3.05) is 11.9 Å². The first-order chi connectivity index (χ1) is 13.1. The van der Waals surface area contributed by atoms with Crippen LogP contribution in [0.5, 0.6) is 5.75 Å². The van der Waals surface area contributed by atoms with Crippen LogP contribution in [0.3, 0.4) is 0 Å². The van der Waals surface area contributed by atoms with Gasteiger partial charge in [-0.15, -0.1) is 11.3 Å². The van der Waals surface area contributed by atoms with Gasteiger partial charge in [-0.25, -0.2) is 0 Å². The summed E-state index contributed by atoms with van der Waals surface area (Å²) in [6, 6.07) is 7.20. The van der Waals surface area contributed by atoms with Crippen LogP contribution < -0.4 is 15.8 Å². The first-order valence-corrected chi connectivity index (χ1v) is 10.4. The van der Waals surface area contributed by atoms with Gasteiger partial charge in [0.1, 0.15) is 10.8 Å². The summed E-state index contributed by atoms with van der Waals surface area (Å²) in [5.74, 6) is -0.191. The number of aryl methyl sites for hydroxylation is 1. The number of carbonyl (C=O) groups excluding carboxylic acids is 2. The lowest BCUT2D eigenvalue weighted by atomic mass is 9.95. The van der Waals surface area contributed by atoms with Gasteiger partial charge in [0.05, 0.1) is 17.7 Å². The molecule has 0 fully saturated rings. The van der Waals surface area contributed by atoms with Gasteiger partial charge in [-0.3, -0.25) is 9.59 Å². The van der Waals surface area contributed by atoms with Crippen molar-refractivity contribution in [2.24, 2.45) is 5.73 Å². The Hall–Kier alpha value is -2.34. The Balaban J connectivity index is 1.80. The zero-order valence-electron chi connectivity index (χ0n) is 15.7. The summed E-state index contributed by atoms with van der Waals surface area (Å²) in [5, 5.41) is 3.46. The molecule has 0 unspecified atom stereocenters. The Morgan fingerprint density at radius 2 is 1.96 bits per heavy atom. The summed E-state index contributed by atoms with van der Waals surface area (Å²) in [7, 11) is 0. The SMILES string of the molecule is CCCCCOc1ccccc1C(=O)Nc1sc2c(c1C(N)=O)CCCC2. The van der Waals surface area contributed by atoms with Crippen molar-refractivity contribution < 1.29 is 14.3 Å². The molecule has 0 bridgehead atoms. The molecule has 3 rings (SSSR count). The van der Waals surface area contributed by atoms with E-state index in [0.29, 0.717) is 28.5 Å². The molecule has 6 heteroatoms. The summed E-state index contributed by atoms with van der Waals surface area (Å²) >= 11 is 1.47. The fraction of sp³-hybridized carbons (Fsp3) is 0.429. The number of anilines is 1. The van der Waals surface area contributed by atoms with Crippen molar-refractivity contribution in [3.8, 4) is 5.75 Å². The normalized spacial score (nSPS) is 13.1. The molecule has 0 atom stereocenters. The molecular weight excluding hydrogens is 360 g/mol. The molecule has 0 saturated carbocycles. The fourth-order valence-corrected chi connectivity index (χ4v) is 4.69. The highest BCUT2D eigenvalue weighted by Crippen LogP contribution is 2.38. The topological polar surface area (TPSA) is 81.4 Å². The molecule has 3 N–H and O–H groups in total. The number of amides is 2. The lowest BCUT2D eigenvalue weighted by molar-refractivity contribution is 0.100. The van der Waals surface area contributed by atoms with Crippen LogP contribution in [-0.2, 0) is 12.8 Å². The van der Waals surface area contributed by atoms with Crippen LogP contribution in [0.2, 0.25) is 0 Å². The number of primary amides is 1. The molecule has 1 aliphatic rings.